The third-order valence-corrected chi connectivity index (χ3v) is 4.83. The van der Waals surface area contributed by atoms with E-state index < -0.39 is 0 Å². The predicted molar refractivity (Wildman–Crippen MR) is 75.3 cm³/mol. The minimum Gasteiger partial charge on any atom is -0.0622 e. The molecule has 0 nitrogen and oxygen atoms in total. The average molecular weight is 230 g/mol. The first-order chi connectivity index (χ1) is 8.01. The van der Waals surface area contributed by atoms with Crippen molar-refractivity contribution < 1.29 is 0 Å². The lowest BCUT2D eigenvalue weighted by molar-refractivity contribution is 0.164. The number of hydrogen-bond donors (Lipinski definition) is 0. The fourth-order valence-electron chi connectivity index (χ4n) is 3.59. The number of hydrogen-bond acceptors (Lipinski definition) is 0. The molecule has 2 rings (SSSR count). The van der Waals surface area contributed by atoms with Crippen molar-refractivity contribution in [3.05, 3.63) is 35.4 Å². The predicted octanol–water partition coefficient (Wildman–Crippen LogP) is 5.10. The summed E-state index contributed by atoms with van der Waals surface area (Å²) >= 11 is 0. The molecule has 1 aliphatic carbocycles. The van der Waals surface area contributed by atoms with Crippen molar-refractivity contribution >= 4 is 0 Å². The van der Waals surface area contributed by atoms with Crippen molar-refractivity contribution in [1.82, 2.24) is 0 Å². The maximum absolute atomic E-state index is 2.44. The minimum absolute atomic E-state index is 0.327. The Labute approximate surface area is 106 Å². The normalized spacial score (nSPS) is 25.9. The largest absolute Gasteiger partial charge is 0.0622 e. The highest BCUT2D eigenvalue weighted by atomic mass is 14.4. The van der Waals surface area contributed by atoms with Crippen LogP contribution in [-0.4, -0.2) is 0 Å². The Morgan fingerprint density at radius 3 is 2.18 bits per heavy atom. The van der Waals surface area contributed by atoms with Gasteiger partial charge in [-0.2, -0.15) is 0 Å². The maximum Gasteiger partial charge on any atom is -0.00728 e. The summed E-state index contributed by atoms with van der Waals surface area (Å²) in [6, 6.07) is 9.17. The van der Waals surface area contributed by atoms with Gasteiger partial charge in [0.25, 0.3) is 0 Å². The van der Waals surface area contributed by atoms with Gasteiger partial charge in [0.2, 0.25) is 0 Å². The number of rotatable bonds is 2. The van der Waals surface area contributed by atoms with Gasteiger partial charge >= 0.3 is 0 Å². The summed E-state index contributed by atoms with van der Waals surface area (Å²) in [5.74, 6) is 1.72. The smallest absolute Gasteiger partial charge is 0.00728 e. The fourth-order valence-corrected chi connectivity index (χ4v) is 3.59. The lowest BCUT2D eigenvalue weighted by atomic mass is 9.63. The van der Waals surface area contributed by atoms with Gasteiger partial charge in [0.05, 0.1) is 0 Å². The summed E-state index contributed by atoms with van der Waals surface area (Å²) in [5, 5.41) is 0. The molecule has 0 saturated heterocycles. The van der Waals surface area contributed by atoms with E-state index in [1.54, 1.807) is 0 Å². The van der Waals surface area contributed by atoms with Crippen LogP contribution in [-0.2, 0) is 5.41 Å². The van der Waals surface area contributed by atoms with Gasteiger partial charge < -0.3 is 0 Å². The van der Waals surface area contributed by atoms with E-state index in [1.165, 1.54) is 36.8 Å². The summed E-state index contributed by atoms with van der Waals surface area (Å²) in [6.07, 6.45) is 5.67. The third kappa shape index (κ3) is 2.56. The summed E-state index contributed by atoms with van der Waals surface area (Å²) in [7, 11) is 0. The summed E-state index contributed by atoms with van der Waals surface area (Å²) < 4.78 is 0. The quantitative estimate of drug-likeness (QED) is 0.663. The van der Waals surface area contributed by atoms with Gasteiger partial charge in [0, 0.05) is 0 Å². The van der Waals surface area contributed by atoms with Crippen molar-refractivity contribution in [1.29, 1.82) is 0 Å². The first-order valence-corrected chi connectivity index (χ1v) is 7.09. The Balaban J connectivity index is 2.24. The van der Waals surface area contributed by atoms with Crippen LogP contribution in [0.4, 0.5) is 0 Å². The zero-order chi connectivity index (χ0) is 12.5. The van der Waals surface area contributed by atoms with Crippen LogP contribution >= 0.6 is 0 Å². The van der Waals surface area contributed by atoms with E-state index in [2.05, 4.69) is 52.0 Å². The van der Waals surface area contributed by atoms with E-state index >= 15 is 0 Å². The third-order valence-electron chi connectivity index (χ3n) is 4.83. The molecular formula is C17H26. The van der Waals surface area contributed by atoms with Gasteiger partial charge in [-0.15, -0.1) is 0 Å². The van der Waals surface area contributed by atoms with Crippen LogP contribution in [0.2, 0.25) is 0 Å². The highest BCUT2D eigenvalue weighted by Gasteiger charge is 2.36. The zero-order valence-electron chi connectivity index (χ0n) is 11.8. The summed E-state index contributed by atoms with van der Waals surface area (Å²) in [4.78, 5) is 0. The molecule has 1 saturated carbocycles. The Kier molecular flexibility index (Phi) is 3.61. The Hall–Kier alpha value is -0.780. The van der Waals surface area contributed by atoms with E-state index in [9.17, 15) is 0 Å². The Morgan fingerprint density at radius 1 is 1.00 bits per heavy atom. The molecule has 1 fully saturated rings. The second kappa shape index (κ2) is 4.84. The monoisotopic (exact) mass is 230 g/mol. The van der Waals surface area contributed by atoms with Crippen molar-refractivity contribution in [2.45, 2.75) is 58.8 Å². The average Bonchev–Trinajstić information content (AvgIpc) is 2.30. The first kappa shape index (κ1) is 12.7. The molecule has 0 aromatic heterocycles. The van der Waals surface area contributed by atoms with E-state index in [4.69, 9.17) is 0 Å². The number of aryl methyl sites for hydroxylation is 1. The SMILES string of the molecule is Cc1ccc(C(C)(C)C2CCCCC2C)cc1. The lowest BCUT2D eigenvalue weighted by Gasteiger charge is -2.41. The lowest BCUT2D eigenvalue weighted by Crippen LogP contribution is -2.35. The van der Waals surface area contributed by atoms with Crippen LogP contribution in [0.5, 0.6) is 0 Å². The van der Waals surface area contributed by atoms with Gasteiger partial charge in [0.15, 0.2) is 0 Å². The molecule has 1 aliphatic rings. The topological polar surface area (TPSA) is 0 Å². The van der Waals surface area contributed by atoms with E-state index in [0.29, 0.717) is 5.41 Å². The van der Waals surface area contributed by atoms with Crippen molar-refractivity contribution in [3.63, 3.8) is 0 Å². The van der Waals surface area contributed by atoms with E-state index in [0.717, 1.165) is 11.8 Å². The molecule has 17 heavy (non-hydrogen) atoms. The molecule has 2 atom stereocenters. The van der Waals surface area contributed by atoms with Crippen LogP contribution in [0, 0.1) is 18.8 Å². The fraction of sp³-hybridized carbons (Fsp3) is 0.647. The second-order valence-electron chi connectivity index (χ2n) is 6.46. The molecule has 0 amide bonds. The van der Waals surface area contributed by atoms with E-state index in [1.807, 2.05) is 0 Å². The molecule has 0 spiro atoms. The maximum atomic E-state index is 2.44. The molecule has 0 heterocycles. The molecule has 0 N–H and O–H groups in total. The molecule has 0 bridgehead atoms. The summed E-state index contributed by atoms with van der Waals surface area (Å²) in [5.41, 5.74) is 3.20. The molecule has 94 valence electrons. The van der Waals surface area contributed by atoms with Crippen molar-refractivity contribution in [3.8, 4) is 0 Å². The highest BCUT2D eigenvalue weighted by Crippen LogP contribution is 2.43. The first-order valence-electron chi connectivity index (χ1n) is 7.09. The molecule has 2 unspecified atom stereocenters. The van der Waals surface area contributed by atoms with E-state index in [-0.39, 0.29) is 0 Å². The standard InChI is InChI=1S/C17H26/c1-13-9-11-15(12-10-13)17(3,4)16-8-6-5-7-14(16)2/h9-12,14,16H,5-8H2,1-4H3. The molecule has 1 aromatic rings. The zero-order valence-corrected chi connectivity index (χ0v) is 11.8. The molecule has 1 aromatic carbocycles. The molecular weight excluding hydrogens is 204 g/mol. The van der Waals surface area contributed by atoms with Gasteiger partial charge in [-0.1, -0.05) is 69.9 Å². The minimum atomic E-state index is 0.327. The summed E-state index contributed by atoms with van der Waals surface area (Å²) in [6.45, 7) is 9.48. The Morgan fingerprint density at radius 2 is 1.59 bits per heavy atom. The molecule has 0 heteroatoms. The van der Waals surface area contributed by atoms with Crippen LogP contribution in [0.1, 0.15) is 57.6 Å². The van der Waals surface area contributed by atoms with Crippen LogP contribution in [0.15, 0.2) is 24.3 Å². The van der Waals surface area contributed by atoms with Gasteiger partial charge in [-0.25, -0.2) is 0 Å². The van der Waals surface area contributed by atoms with Gasteiger partial charge in [-0.05, 0) is 36.2 Å². The van der Waals surface area contributed by atoms with Crippen molar-refractivity contribution in [2.24, 2.45) is 11.8 Å². The van der Waals surface area contributed by atoms with Crippen LogP contribution in [0.3, 0.4) is 0 Å². The second-order valence-corrected chi connectivity index (χ2v) is 6.46. The Bertz CT molecular complexity index is 358. The van der Waals surface area contributed by atoms with Crippen LogP contribution in [0.25, 0.3) is 0 Å². The number of benzene rings is 1. The highest BCUT2D eigenvalue weighted by molar-refractivity contribution is 5.28. The van der Waals surface area contributed by atoms with Crippen molar-refractivity contribution in [2.75, 3.05) is 0 Å². The van der Waals surface area contributed by atoms with Gasteiger partial charge in [-0.3, -0.25) is 0 Å². The van der Waals surface area contributed by atoms with Gasteiger partial charge in [0.1, 0.15) is 0 Å². The molecule has 0 radical (unpaired) electrons. The van der Waals surface area contributed by atoms with Crippen LogP contribution < -0.4 is 0 Å². The molecule has 0 aliphatic heterocycles.